The van der Waals surface area contributed by atoms with E-state index in [9.17, 15) is 4.79 Å². The van der Waals surface area contributed by atoms with E-state index in [1.54, 1.807) is 11.1 Å². The SMILES string of the molecule is C1CO1.C=CN1CCCC1=O. The van der Waals surface area contributed by atoms with E-state index < -0.39 is 0 Å². The van der Waals surface area contributed by atoms with Crippen LogP contribution >= 0.6 is 0 Å². The van der Waals surface area contributed by atoms with Crippen LogP contribution in [0.15, 0.2) is 12.8 Å². The number of rotatable bonds is 1. The molecule has 3 nitrogen and oxygen atoms in total. The van der Waals surface area contributed by atoms with Crippen LogP contribution < -0.4 is 0 Å². The lowest BCUT2D eigenvalue weighted by molar-refractivity contribution is -0.125. The maximum absolute atomic E-state index is 10.7. The van der Waals surface area contributed by atoms with Crippen LogP contribution in [0.1, 0.15) is 12.8 Å². The molecule has 0 N–H and O–H groups in total. The lowest BCUT2D eigenvalue weighted by Crippen LogP contribution is -2.16. The highest BCUT2D eigenvalue weighted by Crippen LogP contribution is 2.08. The largest absolute Gasteiger partial charge is 0.377 e. The number of hydrogen-bond donors (Lipinski definition) is 0. The Labute approximate surface area is 66.6 Å². The average Bonchev–Trinajstić information content (AvgIpc) is 2.82. The van der Waals surface area contributed by atoms with Gasteiger partial charge in [0.15, 0.2) is 0 Å². The van der Waals surface area contributed by atoms with Gasteiger partial charge in [-0.25, -0.2) is 0 Å². The fourth-order valence-electron chi connectivity index (χ4n) is 0.862. The maximum atomic E-state index is 10.7. The van der Waals surface area contributed by atoms with Gasteiger partial charge in [-0.3, -0.25) is 4.79 Å². The lowest BCUT2D eigenvalue weighted by Gasteiger charge is -2.05. The summed E-state index contributed by atoms with van der Waals surface area (Å²) in [5.41, 5.74) is 0. The second-order valence-electron chi connectivity index (χ2n) is 2.49. The van der Waals surface area contributed by atoms with E-state index in [0.29, 0.717) is 6.42 Å². The first-order valence-corrected chi connectivity index (χ1v) is 3.84. The summed E-state index contributed by atoms with van der Waals surface area (Å²) >= 11 is 0. The molecule has 2 aliphatic heterocycles. The van der Waals surface area contributed by atoms with Gasteiger partial charge in [-0.05, 0) is 12.6 Å². The molecule has 0 aromatic carbocycles. The molecule has 0 aromatic heterocycles. The summed E-state index contributed by atoms with van der Waals surface area (Å²) in [6, 6.07) is 0. The second-order valence-corrected chi connectivity index (χ2v) is 2.49. The van der Waals surface area contributed by atoms with Crippen molar-refractivity contribution >= 4 is 5.91 Å². The molecular weight excluding hydrogens is 142 g/mol. The molecule has 0 bridgehead atoms. The first-order valence-electron chi connectivity index (χ1n) is 3.84. The number of nitrogens with zero attached hydrogens (tertiary/aromatic N) is 1. The Morgan fingerprint density at radius 1 is 1.55 bits per heavy atom. The van der Waals surface area contributed by atoms with Gasteiger partial charge in [-0.15, -0.1) is 0 Å². The van der Waals surface area contributed by atoms with Gasteiger partial charge in [0.05, 0.1) is 13.2 Å². The molecule has 1 amide bonds. The molecule has 2 rings (SSSR count). The molecule has 2 heterocycles. The predicted molar refractivity (Wildman–Crippen MR) is 42.0 cm³/mol. The normalized spacial score (nSPS) is 20.7. The zero-order valence-corrected chi connectivity index (χ0v) is 6.58. The Kier molecular flexibility index (Phi) is 3.11. The molecule has 0 aliphatic carbocycles. The predicted octanol–water partition coefficient (Wildman–Crippen LogP) is 0.769. The molecule has 3 heteroatoms. The first kappa shape index (κ1) is 8.27. The van der Waals surface area contributed by atoms with E-state index >= 15 is 0 Å². The Bertz CT molecular complexity index is 151. The third-order valence-electron chi connectivity index (χ3n) is 1.53. The Morgan fingerprint density at radius 3 is 2.36 bits per heavy atom. The summed E-state index contributed by atoms with van der Waals surface area (Å²) < 4.78 is 4.50. The molecule has 0 unspecified atom stereocenters. The minimum Gasteiger partial charge on any atom is -0.377 e. The van der Waals surface area contributed by atoms with E-state index in [1.165, 1.54) is 0 Å². The van der Waals surface area contributed by atoms with E-state index in [4.69, 9.17) is 0 Å². The minimum atomic E-state index is 0.208. The number of carbonyl (C=O) groups is 1. The number of likely N-dealkylation sites (tertiary alicyclic amines) is 1. The molecule has 0 radical (unpaired) electrons. The second kappa shape index (κ2) is 4.13. The van der Waals surface area contributed by atoms with Crippen LogP contribution in [0.3, 0.4) is 0 Å². The zero-order valence-electron chi connectivity index (χ0n) is 6.58. The van der Waals surface area contributed by atoms with Crippen molar-refractivity contribution in [2.45, 2.75) is 12.8 Å². The number of ether oxygens (including phenoxy) is 1. The van der Waals surface area contributed by atoms with E-state index in [2.05, 4.69) is 11.3 Å². The van der Waals surface area contributed by atoms with Crippen LogP contribution in [0, 0.1) is 0 Å². The van der Waals surface area contributed by atoms with Gasteiger partial charge in [-0.1, -0.05) is 6.58 Å². The topological polar surface area (TPSA) is 32.8 Å². The molecule has 62 valence electrons. The summed E-state index contributed by atoms with van der Waals surface area (Å²) in [7, 11) is 0. The average molecular weight is 155 g/mol. The lowest BCUT2D eigenvalue weighted by atomic mass is 10.4. The molecule has 11 heavy (non-hydrogen) atoms. The number of amides is 1. The van der Waals surface area contributed by atoms with Crippen LogP contribution in [0.4, 0.5) is 0 Å². The fourth-order valence-corrected chi connectivity index (χ4v) is 0.862. The first-order chi connectivity index (χ1) is 5.34. The van der Waals surface area contributed by atoms with Crippen molar-refractivity contribution in [2.75, 3.05) is 19.8 Å². The summed E-state index contributed by atoms with van der Waals surface area (Å²) in [6.07, 6.45) is 3.28. The highest BCUT2D eigenvalue weighted by molar-refractivity contribution is 5.78. The van der Waals surface area contributed by atoms with Crippen molar-refractivity contribution in [3.05, 3.63) is 12.8 Å². The number of epoxide rings is 1. The van der Waals surface area contributed by atoms with E-state index in [0.717, 1.165) is 26.2 Å². The minimum absolute atomic E-state index is 0.208. The molecule has 0 atom stereocenters. The maximum Gasteiger partial charge on any atom is 0.226 e. The highest BCUT2D eigenvalue weighted by atomic mass is 16.6. The van der Waals surface area contributed by atoms with Crippen molar-refractivity contribution in [1.82, 2.24) is 4.90 Å². The fraction of sp³-hybridized carbons (Fsp3) is 0.625. The van der Waals surface area contributed by atoms with Gasteiger partial charge in [0.2, 0.25) is 5.91 Å². The summed E-state index contributed by atoms with van der Waals surface area (Å²) in [6.45, 7) is 6.36. The summed E-state index contributed by atoms with van der Waals surface area (Å²) in [4.78, 5) is 12.3. The quantitative estimate of drug-likeness (QED) is 0.524. The smallest absolute Gasteiger partial charge is 0.226 e. The summed E-state index contributed by atoms with van der Waals surface area (Å²) in [5, 5.41) is 0. The van der Waals surface area contributed by atoms with Crippen molar-refractivity contribution in [3.63, 3.8) is 0 Å². The monoisotopic (exact) mass is 155 g/mol. The van der Waals surface area contributed by atoms with Crippen LogP contribution in [-0.2, 0) is 9.53 Å². The van der Waals surface area contributed by atoms with Gasteiger partial charge < -0.3 is 9.64 Å². The van der Waals surface area contributed by atoms with Crippen LogP contribution in [0.2, 0.25) is 0 Å². The van der Waals surface area contributed by atoms with Gasteiger partial charge in [0.25, 0.3) is 0 Å². The van der Waals surface area contributed by atoms with Gasteiger partial charge in [0.1, 0.15) is 0 Å². The van der Waals surface area contributed by atoms with Gasteiger partial charge in [0, 0.05) is 13.0 Å². The van der Waals surface area contributed by atoms with Crippen LogP contribution in [0.5, 0.6) is 0 Å². The molecule has 2 fully saturated rings. The standard InChI is InChI=1S/C6H9NO.C2H4O/c1-2-7-5-3-4-6(7)8;1-2-3-1/h2H,1,3-5H2;1-2H2. The Balaban J connectivity index is 0.000000167. The van der Waals surface area contributed by atoms with Crippen molar-refractivity contribution in [1.29, 1.82) is 0 Å². The number of hydrogen-bond acceptors (Lipinski definition) is 2. The number of carbonyl (C=O) groups excluding carboxylic acids is 1. The van der Waals surface area contributed by atoms with Crippen molar-refractivity contribution in [3.8, 4) is 0 Å². The third-order valence-corrected chi connectivity index (χ3v) is 1.53. The Hall–Kier alpha value is -0.830. The molecule has 0 saturated carbocycles. The van der Waals surface area contributed by atoms with Gasteiger partial charge >= 0.3 is 0 Å². The molecular formula is C8H13NO2. The van der Waals surface area contributed by atoms with Crippen LogP contribution in [-0.4, -0.2) is 30.6 Å². The van der Waals surface area contributed by atoms with Crippen molar-refractivity contribution in [2.24, 2.45) is 0 Å². The zero-order chi connectivity index (χ0) is 8.10. The molecule has 2 saturated heterocycles. The van der Waals surface area contributed by atoms with Crippen LogP contribution in [0.25, 0.3) is 0 Å². The Morgan fingerprint density at radius 2 is 2.18 bits per heavy atom. The highest BCUT2D eigenvalue weighted by Gasteiger charge is 2.15. The molecule has 0 aromatic rings. The van der Waals surface area contributed by atoms with Gasteiger partial charge in [-0.2, -0.15) is 0 Å². The summed E-state index contributed by atoms with van der Waals surface area (Å²) in [5.74, 6) is 0.208. The molecule has 2 aliphatic rings. The molecule has 0 spiro atoms. The third kappa shape index (κ3) is 3.18. The van der Waals surface area contributed by atoms with E-state index in [1.807, 2.05) is 0 Å². The van der Waals surface area contributed by atoms with E-state index in [-0.39, 0.29) is 5.91 Å². The van der Waals surface area contributed by atoms with Crippen molar-refractivity contribution < 1.29 is 9.53 Å².